The average molecular weight is 261 g/mol. The van der Waals surface area contributed by atoms with Crippen molar-refractivity contribution < 1.29 is 22.5 Å². The minimum Gasteiger partial charge on any atom is -0.258 e. The third kappa shape index (κ3) is 1.94. The van der Waals surface area contributed by atoms with Gasteiger partial charge in [0.05, 0.1) is 16.6 Å². The summed E-state index contributed by atoms with van der Waals surface area (Å²) < 4.78 is 50.5. The van der Waals surface area contributed by atoms with Crippen molar-refractivity contribution in [3.8, 4) is 0 Å². The number of alkyl halides is 3. The Morgan fingerprint density at radius 1 is 1.28 bits per heavy atom. The van der Waals surface area contributed by atoms with E-state index in [0.29, 0.717) is 12.3 Å². The SMILES string of the molecule is O=[N+]([O-])c1c(C(F)(F)F)ccc2nc(F)cnc12. The number of nitrogens with zero attached hydrogens (tertiary/aromatic N) is 3. The van der Waals surface area contributed by atoms with E-state index in [9.17, 15) is 27.7 Å². The molecule has 0 saturated heterocycles. The zero-order valence-corrected chi connectivity index (χ0v) is 8.40. The number of benzene rings is 1. The van der Waals surface area contributed by atoms with Gasteiger partial charge in [-0.1, -0.05) is 0 Å². The smallest absolute Gasteiger partial charge is 0.258 e. The molecule has 0 radical (unpaired) electrons. The zero-order valence-electron chi connectivity index (χ0n) is 8.40. The van der Waals surface area contributed by atoms with E-state index in [-0.39, 0.29) is 5.52 Å². The highest BCUT2D eigenvalue weighted by atomic mass is 19.4. The highest BCUT2D eigenvalue weighted by Gasteiger charge is 2.40. The minimum absolute atomic E-state index is 0.310. The first-order valence-electron chi connectivity index (χ1n) is 4.47. The molecular formula is C9H3F4N3O2. The van der Waals surface area contributed by atoms with E-state index in [1.807, 2.05) is 0 Å². The topological polar surface area (TPSA) is 68.9 Å². The van der Waals surface area contributed by atoms with Crippen LogP contribution in [0.4, 0.5) is 23.2 Å². The molecule has 0 aliphatic carbocycles. The summed E-state index contributed by atoms with van der Waals surface area (Å²) in [6.45, 7) is 0. The van der Waals surface area contributed by atoms with Gasteiger partial charge in [-0.15, -0.1) is 0 Å². The first-order chi connectivity index (χ1) is 8.30. The van der Waals surface area contributed by atoms with Crippen LogP contribution in [0.1, 0.15) is 5.56 Å². The largest absolute Gasteiger partial charge is 0.423 e. The number of nitro groups is 1. The lowest BCUT2D eigenvalue weighted by Gasteiger charge is -2.08. The second-order valence-corrected chi connectivity index (χ2v) is 3.28. The molecule has 0 spiro atoms. The lowest BCUT2D eigenvalue weighted by atomic mass is 10.1. The third-order valence-electron chi connectivity index (χ3n) is 2.15. The first-order valence-corrected chi connectivity index (χ1v) is 4.47. The van der Waals surface area contributed by atoms with Crippen LogP contribution < -0.4 is 0 Å². The first kappa shape index (κ1) is 12.1. The summed E-state index contributed by atoms with van der Waals surface area (Å²) in [6, 6.07) is 1.32. The monoisotopic (exact) mass is 261 g/mol. The average Bonchev–Trinajstić information content (AvgIpc) is 2.25. The van der Waals surface area contributed by atoms with Crippen LogP contribution in [0.2, 0.25) is 0 Å². The van der Waals surface area contributed by atoms with Gasteiger partial charge in [0.2, 0.25) is 5.95 Å². The predicted octanol–water partition coefficient (Wildman–Crippen LogP) is 2.70. The molecule has 1 aromatic carbocycles. The van der Waals surface area contributed by atoms with Crippen LogP contribution in [-0.2, 0) is 6.18 Å². The summed E-state index contributed by atoms with van der Waals surface area (Å²) in [4.78, 5) is 16.0. The fraction of sp³-hybridized carbons (Fsp3) is 0.111. The number of hydrogen-bond acceptors (Lipinski definition) is 4. The van der Waals surface area contributed by atoms with Crippen LogP contribution in [0.5, 0.6) is 0 Å². The van der Waals surface area contributed by atoms with Crippen molar-refractivity contribution >= 4 is 16.7 Å². The van der Waals surface area contributed by atoms with Gasteiger partial charge in [-0.25, -0.2) is 9.97 Å². The molecule has 0 unspecified atom stereocenters. The van der Waals surface area contributed by atoms with Gasteiger partial charge in [-0.2, -0.15) is 17.6 Å². The van der Waals surface area contributed by atoms with E-state index in [1.54, 1.807) is 0 Å². The molecule has 0 fully saturated rings. The minimum atomic E-state index is -4.90. The number of halogens is 4. The van der Waals surface area contributed by atoms with Crippen LogP contribution in [-0.4, -0.2) is 14.9 Å². The molecule has 1 heterocycles. The Kier molecular flexibility index (Phi) is 2.60. The zero-order chi connectivity index (χ0) is 13.5. The van der Waals surface area contributed by atoms with Gasteiger partial charge in [0.1, 0.15) is 5.56 Å². The Bertz CT molecular complexity index is 641. The Balaban J connectivity index is 2.87. The van der Waals surface area contributed by atoms with Crippen LogP contribution in [0, 0.1) is 16.1 Å². The van der Waals surface area contributed by atoms with E-state index in [4.69, 9.17) is 0 Å². The summed E-state index contributed by atoms with van der Waals surface area (Å²) in [7, 11) is 0. The standard InChI is InChI=1S/C9H3F4N3O2/c10-6-3-14-7-5(15-6)2-1-4(9(11,12)13)8(7)16(17)18/h1-3H. The summed E-state index contributed by atoms with van der Waals surface area (Å²) in [5.41, 5.74) is -3.58. The molecule has 0 aliphatic heterocycles. The van der Waals surface area contributed by atoms with E-state index in [0.717, 1.165) is 6.07 Å². The van der Waals surface area contributed by atoms with Crippen molar-refractivity contribution in [3.05, 3.63) is 40.0 Å². The second-order valence-electron chi connectivity index (χ2n) is 3.28. The van der Waals surface area contributed by atoms with Crippen LogP contribution in [0.3, 0.4) is 0 Å². The second kappa shape index (κ2) is 3.86. The number of nitro benzene ring substituents is 1. The van der Waals surface area contributed by atoms with Gasteiger partial charge < -0.3 is 0 Å². The third-order valence-corrected chi connectivity index (χ3v) is 2.15. The molecule has 5 nitrogen and oxygen atoms in total. The highest BCUT2D eigenvalue weighted by molar-refractivity contribution is 5.85. The molecular weight excluding hydrogens is 258 g/mol. The molecule has 0 aliphatic rings. The normalized spacial score (nSPS) is 11.8. The molecule has 0 atom stereocenters. The number of fused-ring (bicyclic) bond motifs is 1. The molecule has 0 saturated carbocycles. The van der Waals surface area contributed by atoms with E-state index in [2.05, 4.69) is 9.97 Å². The molecule has 2 rings (SSSR count). The molecule has 0 bridgehead atoms. The van der Waals surface area contributed by atoms with E-state index in [1.165, 1.54) is 0 Å². The highest BCUT2D eigenvalue weighted by Crippen LogP contribution is 2.38. The summed E-state index contributed by atoms with van der Waals surface area (Å²) >= 11 is 0. The van der Waals surface area contributed by atoms with Crippen molar-refractivity contribution in [1.82, 2.24) is 9.97 Å². The van der Waals surface area contributed by atoms with E-state index < -0.39 is 33.8 Å². The maximum absolute atomic E-state index is 12.7. The van der Waals surface area contributed by atoms with Crippen molar-refractivity contribution in [2.45, 2.75) is 6.18 Å². The fourth-order valence-corrected chi connectivity index (χ4v) is 1.46. The van der Waals surface area contributed by atoms with Crippen molar-refractivity contribution in [1.29, 1.82) is 0 Å². The number of aromatic nitrogens is 2. The van der Waals surface area contributed by atoms with Gasteiger partial charge in [-0.3, -0.25) is 10.1 Å². The van der Waals surface area contributed by atoms with Crippen molar-refractivity contribution in [3.63, 3.8) is 0 Å². The molecule has 9 heteroatoms. The molecule has 0 N–H and O–H groups in total. The summed E-state index contributed by atoms with van der Waals surface area (Å²) in [5, 5.41) is 10.7. The fourth-order valence-electron chi connectivity index (χ4n) is 1.46. The van der Waals surface area contributed by atoms with Crippen LogP contribution in [0.15, 0.2) is 18.3 Å². The van der Waals surface area contributed by atoms with Gasteiger partial charge in [-0.05, 0) is 12.1 Å². The van der Waals surface area contributed by atoms with Gasteiger partial charge in [0, 0.05) is 0 Å². The van der Waals surface area contributed by atoms with E-state index >= 15 is 0 Å². The Hall–Kier alpha value is -2.32. The Labute approximate surface area is 96.2 Å². The molecule has 18 heavy (non-hydrogen) atoms. The van der Waals surface area contributed by atoms with Crippen molar-refractivity contribution in [2.24, 2.45) is 0 Å². The Morgan fingerprint density at radius 3 is 2.50 bits per heavy atom. The number of rotatable bonds is 1. The molecule has 2 aromatic rings. The summed E-state index contributed by atoms with van der Waals surface area (Å²) in [5.74, 6) is -1.03. The van der Waals surface area contributed by atoms with Gasteiger partial charge in [0.25, 0.3) is 0 Å². The summed E-state index contributed by atoms with van der Waals surface area (Å²) in [6.07, 6.45) is -4.37. The maximum atomic E-state index is 12.7. The maximum Gasteiger partial charge on any atom is 0.423 e. The Morgan fingerprint density at radius 2 is 1.94 bits per heavy atom. The quantitative estimate of drug-likeness (QED) is 0.449. The predicted molar refractivity (Wildman–Crippen MR) is 51.2 cm³/mol. The van der Waals surface area contributed by atoms with Crippen LogP contribution >= 0.6 is 0 Å². The lowest BCUT2D eigenvalue weighted by molar-refractivity contribution is -0.386. The van der Waals surface area contributed by atoms with Gasteiger partial charge >= 0.3 is 11.9 Å². The molecule has 94 valence electrons. The van der Waals surface area contributed by atoms with Gasteiger partial charge in [0.15, 0.2) is 5.52 Å². The van der Waals surface area contributed by atoms with Crippen LogP contribution in [0.25, 0.3) is 11.0 Å². The van der Waals surface area contributed by atoms with Crippen molar-refractivity contribution in [2.75, 3.05) is 0 Å². The molecule has 0 amide bonds. The molecule has 1 aromatic heterocycles. The number of hydrogen-bond donors (Lipinski definition) is 0. The lowest BCUT2D eigenvalue weighted by Crippen LogP contribution is -2.10.